The van der Waals surface area contributed by atoms with Gasteiger partial charge in [-0.2, -0.15) is 0 Å². The lowest BCUT2D eigenvalue weighted by molar-refractivity contribution is 0.367. The monoisotopic (exact) mass is 166 g/mol. The van der Waals surface area contributed by atoms with Crippen LogP contribution in [0.1, 0.15) is 58.3 Å². The van der Waals surface area contributed by atoms with Crippen LogP contribution in [0.2, 0.25) is 0 Å². The molecule has 0 bridgehead atoms. The molecule has 0 radical (unpaired) electrons. The van der Waals surface area contributed by atoms with E-state index in [2.05, 4.69) is 6.92 Å². The Labute approximate surface area is 76.7 Å². The van der Waals surface area contributed by atoms with Crippen molar-refractivity contribution in [1.82, 2.24) is 0 Å². The standard InChI is InChI=1S/C12H22/c1-2-10-8-11-6-4-3-5-7-12(11)9-10/h10-12H,2-9H2,1H3. The summed E-state index contributed by atoms with van der Waals surface area (Å²) in [5.74, 6) is 3.37. The second-order valence-electron chi connectivity index (χ2n) is 4.90. The molecular formula is C12H22. The van der Waals surface area contributed by atoms with Crippen molar-refractivity contribution in [3.63, 3.8) is 0 Å². The second kappa shape index (κ2) is 3.81. The van der Waals surface area contributed by atoms with Crippen LogP contribution in [-0.2, 0) is 0 Å². The van der Waals surface area contributed by atoms with Crippen molar-refractivity contribution in [2.45, 2.75) is 58.3 Å². The van der Waals surface area contributed by atoms with E-state index in [9.17, 15) is 0 Å². The van der Waals surface area contributed by atoms with Gasteiger partial charge in [-0.25, -0.2) is 0 Å². The van der Waals surface area contributed by atoms with Gasteiger partial charge in [0.25, 0.3) is 0 Å². The second-order valence-corrected chi connectivity index (χ2v) is 4.90. The largest absolute Gasteiger partial charge is 0.0651 e. The first-order valence-electron chi connectivity index (χ1n) is 5.90. The van der Waals surface area contributed by atoms with Gasteiger partial charge in [-0.3, -0.25) is 0 Å². The molecule has 2 aliphatic carbocycles. The molecule has 0 heteroatoms. The fourth-order valence-corrected chi connectivity index (χ4v) is 3.37. The van der Waals surface area contributed by atoms with Crippen molar-refractivity contribution in [2.75, 3.05) is 0 Å². The van der Waals surface area contributed by atoms with Crippen LogP contribution in [0.4, 0.5) is 0 Å². The Morgan fingerprint density at radius 1 is 0.917 bits per heavy atom. The summed E-state index contributed by atoms with van der Waals surface area (Å²) in [5, 5.41) is 0. The number of hydrogen-bond donors (Lipinski definition) is 0. The van der Waals surface area contributed by atoms with Gasteiger partial charge in [-0.1, -0.05) is 45.4 Å². The Hall–Kier alpha value is 0. The van der Waals surface area contributed by atoms with Crippen molar-refractivity contribution < 1.29 is 0 Å². The molecule has 2 rings (SSSR count). The molecule has 0 amide bonds. The van der Waals surface area contributed by atoms with E-state index in [0.717, 1.165) is 17.8 Å². The Morgan fingerprint density at radius 2 is 1.50 bits per heavy atom. The quantitative estimate of drug-likeness (QED) is 0.552. The van der Waals surface area contributed by atoms with E-state index in [4.69, 9.17) is 0 Å². The van der Waals surface area contributed by atoms with Crippen molar-refractivity contribution in [3.8, 4) is 0 Å². The van der Waals surface area contributed by atoms with Gasteiger partial charge < -0.3 is 0 Å². The van der Waals surface area contributed by atoms with Gasteiger partial charge in [-0.15, -0.1) is 0 Å². The summed E-state index contributed by atoms with van der Waals surface area (Å²) in [6.45, 7) is 2.37. The Morgan fingerprint density at radius 3 is 2.00 bits per heavy atom. The Bertz CT molecular complexity index is 125. The zero-order valence-corrected chi connectivity index (χ0v) is 8.39. The zero-order valence-electron chi connectivity index (χ0n) is 8.39. The maximum Gasteiger partial charge on any atom is -0.0383 e. The maximum absolute atomic E-state index is 2.37. The molecule has 2 atom stereocenters. The molecule has 0 aliphatic heterocycles. The first-order valence-corrected chi connectivity index (χ1v) is 5.90. The molecule has 70 valence electrons. The van der Waals surface area contributed by atoms with Gasteiger partial charge in [0.2, 0.25) is 0 Å². The smallest absolute Gasteiger partial charge is 0.0383 e. The zero-order chi connectivity index (χ0) is 8.39. The van der Waals surface area contributed by atoms with Crippen LogP contribution in [0.15, 0.2) is 0 Å². The lowest BCUT2D eigenvalue weighted by atomic mass is 9.92. The van der Waals surface area contributed by atoms with Gasteiger partial charge in [0, 0.05) is 0 Å². The third-order valence-electron chi connectivity index (χ3n) is 4.17. The molecule has 2 fully saturated rings. The van der Waals surface area contributed by atoms with Gasteiger partial charge in [0.15, 0.2) is 0 Å². The van der Waals surface area contributed by atoms with Crippen LogP contribution in [0.5, 0.6) is 0 Å². The molecule has 2 unspecified atom stereocenters. The summed E-state index contributed by atoms with van der Waals surface area (Å²) in [4.78, 5) is 0. The summed E-state index contributed by atoms with van der Waals surface area (Å²) >= 11 is 0. The van der Waals surface area contributed by atoms with Crippen LogP contribution < -0.4 is 0 Å². The molecule has 0 nitrogen and oxygen atoms in total. The Balaban J connectivity index is 1.92. The lowest BCUT2D eigenvalue weighted by Crippen LogP contribution is -2.04. The van der Waals surface area contributed by atoms with Crippen molar-refractivity contribution in [3.05, 3.63) is 0 Å². The summed E-state index contributed by atoms with van der Waals surface area (Å²) in [6.07, 6.45) is 12.3. The van der Waals surface area contributed by atoms with Gasteiger partial charge in [0.1, 0.15) is 0 Å². The van der Waals surface area contributed by atoms with E-state index in [1.807, 2.05) is 0 Å². The maximum atomic E-state index is 2.37. The SMILES string of the molecule is CCC1CC2CCCCCC2C1. The minimum Gasteiger partial charge on any atom is -0.0651 e. The minimum absolute atomic E-state index is 1.10. The minimum atomic E-state index is 1.10. The predicted octanol–water partition coefficient (Wildman–Crippen LogP) is 4.00. The first-order chi connectivity index (χ1) is 5.90. The average Bonchev–Trinajstić information content (AvgIpc) is 2.37. The number of hydrogen-bond acceptors (Lipinski definition) is 0. The molecule has 0 spiro atoms. The van der Waals surface area contributed by atoms with E-state index < -0.39 is 0 Å². The molecule has 0 heterocycles. The molecule has 0 aromatic heterocycles. The summed E-state index contributed by atoms with van der Waals surface area (Å²) < 4.78 is 0. The average molecular weight is 166 g/mol. The number of rotatable bonds is 1. The van der Waals surface area contributed by atoms with Crippen LogP contribution >= 0.6 is 0 Å². The van der Waals surface area contributed by atoms with E-state index in [-0.39, 0.29) is 0 Å². The molecule has 0 aromatic rings. The van der Waals surface area contributed by atoms with Crippen LogP contribution in [-0.4, -0.2) is 0 Å². The van der Waals surface area contributed by atoms with Gasteiger partial charge in [-0.05, 0) is 30.6 Å². The lowest BCUT2D eigenvalue weighted by Gasteiger charge is -2.14. The van der Waals surface area contributed by atoms with E-state index in [0.29, 0.717) is 0 Å². The van der Waals surface area contributed by atoms with Crippen molar-refractivity contribution >= 4 is 0 Å². The molecule has 0 saturated heterocycles. The molecular weight excluding hydrogens is 144 g/mol. The highest BCUT2D eigenvalue weighted by molar-refractivity contribution is 4.84. The van der Waals surface area contributed by atoms with Gasteiger partial charge >= 0.3 is 0 Å². The van der Waals surface area contributed by atoms with Gasteiger partial charge in [0.05, 0.1) is 0 Å². The van der Waals surface area contributed by atoms with E-state index in [1.165, 1.54) is 25.7 Å². The third-order valence-corrected chi connectivity index (χ3v) is 4.17. The van der Waals surface area contributed by atoms with Crippen LogP contribution in [0, 0.1) is 17.8 Å². The van der Waals surface area contributed by atoms with Crippen molar-refractivity contribution in [2.24, 2.45) is 17.8 Å². The van der Waals surface area contributed by atoms with Crippen molar-refractivity contribution in [1.29, 1.82) is 0 Å². The first kappa shape index (κ1) is 8.59. The third kappa shape index (κ3) is 1.67. The van der Waals surface area contributed by atoms with E-state index >= 15 is 0 Å². The van der Waals surface area contributed by atoms with E-state index in [1.54, 1.807) is 25.7 Å². The topological polar surface area (TPSA) is 0 Å². The normalized spacial score (nSPS) is 42.2. The molecule has 0 aromatic carbocycles. The highest BCUT2D eigenvalue weighted by atomic mass is 14.4. The Kier molecular flexibility index (Phi) is 2.73. The molecule has 12 heavy (non-hydrogen) atoms. The summed E-state index contributed by atoms with van der Waals surface area (Å²) in [6, 6.07) is 0. The van der Waals surface area contributed by atoms with Crippen LogP contribution in [0.3, 0.4) is 0 Å². The summed E-state index contributed by atoms with van der Waals surface area (Å²) in [7, 11) is 0. The molecule has 2 aliphatic rings. The van der Waals surface area contributed by atoms with Crippen LogP contribution in [0.25, 0.3) is 0 Å². The fourth-order valence-electron chi connectivity index (χ4n) is 3.37. The predicted molar refractivity (Wildman–Crippen MR) is 53.1 cm³/mol. The molecule has 2 saturated carbocycles. The highest BCUT2D eigenvalue weighted by Crippen LogP contribution is 2.44. The molecule has 0 N–H and O–H groups in total. The number of fused-ring (bicyclic) bond motifs is 1. The summed E-state index contributed by atoms with van der Waals surface area (Å²) in [5.41, 5.74) is 0. The fraction of sp³-hybridized carbons (Fsp3) is 1.00. The highest BCUT2D eigenvalue weighted by Gasteiger charge is 2.33.